The Morgan fingerprint density at radius 2 is 1.72 bits per heavy atom. The molecule has 3 aromatic carbocycles. The van der Waals surface area contributed by atoms with Gasteiger partial charge < -0.3 is 14.2 Å². The zero-order valence-electron chi connectivity index (χ0n) is 20.8. The summed E-state index contributed by atoms with van der Waals surface area (Å²) in [5, 5.41) is 1.99. The lowest BCUT2D eigenvalue weighted by Gasteiger charge is -2.22. The summed E-state index contributed by atoms with van der Waals surface area (Å²) < 4.78 is 7.03. The minimum Gasteiger partial charge on any atom is -0.456 e. The predicted molar refractivity (Wildman–Crippen MR) is 142 cm³/mol. The minimum absolute atomic E-state index is 0.0258. The molecular formula is C29H31N3O4. The van der Waals surface area contributed by atoms with Crippen molar-refractivity contribution in [3.63, 3.8) is 0 Å². The molecule has 0 aliphatic rings. The molecule has 4 rings (SSSR count). The van der Waals surface area contributed by atoms with Crippen molar-refractivity contribution in [1.82, 2.24) is 9.55 Å². The molecule has 0 N–H and O–H groups in total. The van der Waals surface area contributed by atoms with Gasteiger partial charge in [-0.15, -0.1) is 0 Å². The molecule has 0 aliphatic heterocycles. The van der Waals surface area contributed by atoms with Gasteiger partial charge in [-0.25, -0.2) is 4.98 Å². The van der Waals surface area contributed by atoms with Gasteiger partial charge in [-0.05, 0) is 36.9 Å². The largest absolute Gasteiger partial charge is 0.456 e. The molecule has 0 spiro atoms. The lowest BCUT2D eigenvalue weighted by molar-refractivity contribution is -0.147. The van der Waals surface area contributed by atoms with E-state index in [2.05, 4.69) is 11.9 Å². The first-order valence-electron chi connectivity index (χ1n) is 12.5. The van der Waals surface area contributed by atoms with Crippen molar-refractivity contribution in [2.24, 2.45) is 0 Å². The van der Waals surface area contributed by atoms with Gasteiger partial charge in [-0.3, -0.25) is 14.4 Å². The molecule has 0 radical (unpaired) electrons. The fourth-order valence-electron chi connectivity index (χ4n) is 4.38. The summed E-state index contributed by atoms with van der Waals surface area (Å²) in [5.74, 6) is -0.834. The van der Waals surface area contributed by atoms with Crippen LogP contribution in [0, 0.1) is 0 Å². The predicted octanol–water partition coefficient (Wildman–Crippen LogP) is 4.88. The molecule has 0 atom stereocenters. The van der Waals surface area contributed by atoms with Gasteiger partial charge in [-0.2, -0.15) is 0 Å². The molecule has 1 heterocycles. The van der Waals surface area contributed by atoms with Crippen molar-refractivity contribution in [2.45, 2.75) is 46.1 Å². The highest BCUT2D eigenvalue weighted by Gasteiger charge is 2.19. The summed E-state index contributed by atoms with van der Waals surface area (Å²) in [5.41, 5.74) is 2.45. The van der Waals surface area contributed by atoms with Gasteiger partial charge in [0, 0.05) is 24.9 Å². The van der Waals surface area contributed by atoms with E-state index in [1.165, 1.54) is 0 Å². The highest BCUT2D eigenvalue weighted by Crippen LogP contribution is 2.26. The molecule has 0 saturated carbocycles. The average molecular weight is 486 g/mol. The number of carbonyl (C=O) groups excluding carboxylic acids is 2. The molecule has 0 unspecified atom stereocenters. The van der Waals surface area contributed by atoms with Crippen LogP contribution in [0.25, 0.3) is 21.8 Å². The second-order valence-corrected chi connectivity index (χ2v) is 8.65. The number of nitrogens with zero attached hydrogens (tertiary/aromatic N) is 3. The van der Waals surface area contributed by atoms with E-state index >= 15 is 0 Å². The summed E-state index contributed by atoms with van der Waals surface area (Å²) >= 11 is 0. The number of amides is 1. The monoisotopic (exact) mass is 485 g/mol. The number of unbranched alkanes of at least 4 members (excludes halogenated alkanes) is 1. The number of likely N-dealkylation sites (N-methyl/N-ethyl adjacent to an activating group) is 1. The fraction of sp³-hybridized carbons (Fsp3) is 0.310. The van der Waals surface area contributed by atoms with Crippen LogP contribution in [0.5, 0.6) is 0 Å². The number of fused-ring (bicyclic) bond motifs is 2. The number of aromatic nitrogens is 2. The Morgan fingerprint density at radius 1 is 0.972 bits per heavy atom. The van der Waals surface area contributed by atoms with E-state index in [9.17, 15) is 14.4 Å². The van der Waals surface area contributed by atoms with Gasteiger partial charge in [0.05, 0.1) is 23.1 Å². The molecule has 1 aromatic heterocycles. The van der Waals surface area contributed by atoms with Crippen molar-refractivity contribution < 1.29 is 14.3 Å². The molecule has 0 fully saturated rings. The third-order valence-corrected chi connectivity index (χ3v) is 6.25. The number of hydrogen-bond acceptors (Lipinski definition) is 5. The number of esters is 1. The Hall–Kier alpha value is -4.00. The van der Waals surface area contributed by atoms with Crippen molar-refractivity contribution in [2.75, 3.05) is 18.1 Å². The number of hydrogen-bond donors (Lipinski definition) is 0. The van der Waals surface area contributed by atoms with E-state index in [4.69, 9.17) is 4.74 Å². The van der Waals surface area contributed by atoms with Crippen LogP contribution in [0.3, 0.4) is 0 Å². The third-order valence-electron chi connectivity index (χ3n) is 6.25. The van der Waals surface area contributed by atoms with E-state index in [0.29, 0.717) is 18.8 Å². The Bertz CT molecular complexity index is 1440. The molecule has 7 heteroatoms. The molecule has 4 aromatic rings. The summed E-state index contributed by atoms with van der Waals surface area (Å²) in [6.45, 7) is 4.65. The van der Waals surface area contributed by atoms with E-state index in [1.54, 1.807) is 9.47 Å². The maximum absolute atomic E-state index is 13.0. The number of carbonyl (C=O) groups is 2. The zero-order chi connectivity index (χ0) is 25.5. The van der Waals surface area contributed by atoms with Crippen LogP contribution in [0.4, 0.5) is 5.69 Å². The lowest BCUT2D eigenvalue weighted by atomic mass is 10.1. The van der Waals surface area contributed by atoms with E-state index < -0.39 is 5.97 Å². The first kappa shape index (κ1) is 25.1. The van der Waals surface area contributed by atoms with Crippen molar-refractivity contribution in [3.8, 4) is 0 Å². The Kier molecular flexibility index (Phi) is 8.10. The highest BCUT2D eigenvalue weighted by molar-refractivity contribution is 6.04. The normalized spacial score (nSPS) is 11.1. The van der Waals surface area contributed by atoms with Crippen LogP contribution in [-0.4, -0.2) is 34.6 Å². The molecule has 0 aliphatic carbocycles. The highest BCUT2D eigenvalue weighted by atomic mass is 16.5. The molecule has 36 heavy (non-hydrogen) atoms. The lowest BCUT2D eigenvalue weighted by Crippen LogP contribution is -2.34. The van der Waals surface area contributed by atoms with Gasteiger partial charge in [0.25, 0.3) is 11.5 Å². The summed E-state index contributed by atoms with van der Waals surface area (Å²) in [6.07, 6.45) is 1.97. The van der Waals surface area contributed by atoms with Gasteiger partial charge in [-0.1, -0.05) is 61.9 Å². The van der Waals surface area contributed by atoms with Crippen molar-refractivity contribution >= 4 is 39.4 Å². The maximum atomic E-state index is 13.0. The second-order valence-electron chi connectivity index (χ2n) is 8.65. The van der Waals surface area contributed by atoms with Crippen LogP contribution >= 0.6 is 0 Å². The van der Waals surface area contributed by atoms with Crippen LogP contribution in [-0.2, 0) is 27.3 Å². The molecule has 0 bridgehead atoms. The van der Waals surface area contributed by atoms with E-state index in [0.717, 1.165) is 40.3 Å². The Balaban J connectivity index is 1.42. The molecular weight excluding hydrogens is 454 g/mol. The maximum Gasteiger partial charge on any atom is 0.306 e. The summed E-state index contributed by atoms with van der Waals surface area (Å²) in [6, 6.07) is 21.2. The zero-order valence-corrected chi connectivity index (χ0v) is 20.8. The first-order valence-corrected chi connectivity index (χ1v) is 12.5. The van der Waals surface area contributed by atoms with Gasteiger partial charge in [0.15, 0.2) is 6.61 Å². The van der Waals surface area contributed by atoms with Crippen molar-refractivity contribution in [3.05, 3.63) is 82.8 Å². The standard InChI is InChI=1S/C29H31N3O4/c1-3-5-19-32-26-15-9-8-14-23(26)30-24(29(32)35)17-18-28(34)36-20-27(33)31(4-2)25-16-10-12-21-11-6-7-13-22(21)25/h6-16H,3-5,17-20H2,1-2H3. The van der Waals surface area contributed by atoms with Crippen LogP contribution in [0.15, 0.2) is 71.5 Å². The first-order chi connectivity index (χ1) is 17.5. The number of anilines is 1. The number of rotatable bonds is 10. The number of para-hydroxylation sites is 2. The fourth-order valence-corrected chi connectivity index (χ4v) is 4.38. The average Bonchev–Trinajstić information content (AvgIpc) is 2.91. The Morgan fingerprint density at radius 3 is 2.53 bits per heavy atom. The summed E-state index contributed by atoms with van der Waals surface area (Å²) in [7, 11) is 0. The van der Waals surface area contributed by atoms with Crippen molar-refractivity contribution in [1.29, 1.82) is 0 Å². The summed E-state index contributed by atoms with van der Waals surface area (Å²) in [4.78, 5) is 44.6. The number of aryl methyl sites for hydroxylation is 2. The van der Waals surface area contributed by atoms with E-state index in [-0.39, 0.29) is 30.9 Å². The topological polar surface area (TPSA) is 81.5 Å². The van der Waals surface area contributed by atoms with Crippen LogP contribution in [0.2, 0.25) is 0 Å². The second kappa shape index (κ2) is 11.6. The third kappa shape index (κ3) is 5.46. The Labute approximate surface area is 210 Å². The molecule has 7 nitrogen and oxygen atoms in total. The SMILES string of the molecule is CCCCn1c(=O)c(CCC(=O)OCC(=O)N(CC)c2cccc3ccccc23)nc2ccccc21. The van der Waals surface area contributed by atoms with Gasteiger partial charge in [0.1, 0.15) is 5.69 Å². The van der Waals surface area contributed by atoms with Crippen LogP contribution < -0.4 is 10.5 Å². The molecule has 186 valence electrons. The number of ether oxygens (including phenoxy) is 1. The number of benzene rings is 3. The quantitative estimate of drug-likeness (QED) is 0.299. The van der Waals surface area contributed by atoms with E-state index in [1.807, 2.05) is 73.7 Å². The van der Waals surface area contributed by atoms with Crippen LogP contribution in [0.1, 0.15) is 38.8 Å². The molecule has 1 amide bonds. The minimum atomic E-state index is -0.535. The molecule has 0 saturated heterocycles. The van der Waals surface area contributed by atoms with Gasteiger partial charge in [0.2, 0.25) is 0 Å². The van der Waals surface area contributed by atoms with Gasteiger partial charge >= 0.3 is 5.97 Å². The smallest absolute Gasteiger partial charge is 0.306 e.